The van der Waals surface area contributed by atoms with Crippen LogP contribution < -0.4 is 16.0 Å². The van der Waals surface area contributed by atoms with Gasteiger partial charge in [0.15, 0.2) is 5.82 Å². The van der Waals surface area contributed by atoms with E-state index in [1.54, 1.807) is 6.08 Å². The summed E-state index contributed by atoms with van der Waals surface area (Å²) in [5.74, 6) is 0.927. The number of aromatic nitrogens is 1. The molecular formula is C14H20N4. The molecule has 18 heavy (non-hydrogen) atoms. The molecule has 3 heterocycles. The van der Waals surface area contributed by atoms with E-state index < -0.39 is 0 Å². The lowest BCUT2D eigenvalue weighted by molar-refractivity contribution is 0.369. The van der Waals surface area contributed by atoms with Crippen molar-refractivity contribution in [2.45, 2.75) is 12.8 Å². The van der Waals surface area contributed by atoms with Crippen LogP contribution in [-0.4, -0.2) is 31.2 Å². The van der Waals surface area contributed by atoms with E-state index >= 15 is 0 Å². The average molecular weight is 244 g/mol. The van der Waals surface area contributed by atoms with Gasteiger partial charge in [-0.25, -0.2) is 4.98 Å². The maximum absolute atomic E-state index is 6.17. The first-order valence-corrected chi connectivity index (χ1v) is 6.57. The molecule has 2 aliphatic heterocycles. The number of nitrogens with two attached hydrogens (primary N) is 1. The predicted molar refractivity (Wildman–Crippen MR) is 75.5 cm³/mol. The molecule has 96 valence electrons. The van der Waals surface area contributed by atoms with Crippen LogP contribution in [-0.2, 0) is 0 Å². The lowest BCUT2D eigenvalue weighted by atomic mass is 9.87. The fraction of sp³-hybridized carbons (Fsp3) is 0.500. The van der Waals surface area contributed by atoms with Gasteiger partial charge < -0.3 is 16.0 Å². The minimum Gasteiger partial charge on any atom is -0.395 e. The molecule has 0 radical (unpaired) electrons. The standard InChI is InChI=1S/C14H20N4/c1-2-11-3-6-17-13(12(11)15)18-8-5-14(10-18)4-7-16-9-14/h2-3,6,16H,1,4-5,7-10,15H2. The summed E-state index contributed by atoms with van der Waals surface area (Å²) >= 11 is 0. The monoisotopic (exact) mass is 244 g/mol. The van der Waals surface area contributed by atoms with Gasteiger partial charge in [-0.15, -0.1) is 0 Å². The van der Waals surface area contributed by atoms with Crippen LogP contribution in [0.25, 0.3) is 6.08 Å². The summed E-state index contributed by atoms with van der Waals surface area (Å²) < 4.78 is 0. The lowest BCUT2D eigenvalue weighted by Crippen LogP contribution is -2.30. The Morgan fingerprint density at radius 2 is 2.39 bits per heavy atom. The highest BCUT2D eigenvalue weighted by Gasteiger charge is 2.41. The topological polar surface area (TPSA) is 54.2 Å². The lowest BCUT2D eigenvalue weighted by Gasteiger charge is -2.24. The number of hydrogen-bond acceptors (Lipinski definition) is 4. The zero-order valence-electron chi connectivity index (χ0n) is 10.7. The number of rotatable bonds is 2. The van der Waals surface area contributed by atoms with Crippen LogP contribution in [0, 0.1) is 5.41 Å². The molecule has 1 aromatic heterocycles. The predicted octanol–water partition coefficient (Wildman–Crippen LogP) is 1.50. The molecule has 0 saturated carbocycles. The number of pyridine rings is 1. The molecule has 2 aliphatic rings. The van der Waals surface area contributed by atoms with Crippen molar-refractivity contribution in [3.05, 3.63) is 24.4 Å². The third-order valence-corrected chi connectivity index (χ3v) is 4.29. The maximum atomic E-state index is 6.17. The molecule has 1 unspecified atom stereocenters. The van der Waals surface area contributed by atoms with Crippen molar-refractivity contribution in [1.29, 1.82) is 0 Å². The summed E-state index contributed by atoms with van der Waals surface area (Å²) in [6.07, 6.45) is 6.12. The average Bonchev–Trinajstić information content (AvgIpc) is 3.01. The summed E-state index contributed by atoms with van der Waals surface area (Å²) in [5.41, 5.74) is 8.35. The Morgan fingerprint density at radius 1 is 1.50 bits per heavy atom. The van der Waals surface area contributed by atoms with Gasteiger partial charge in [-0.1, -0.05) is 12.7 Å². The van der Waals surface area contributed by atoms with E-state index in [0.717, 1.165) is 43.2 Å². The second-order valence-corrected chi connectivity index (χ2v) is 5.44. The zero-order chi connectivity index (χ0) is 12.6. The molecule has 3 rings (SSSR count). The number of anilines is 2. The normalized spacial score (nSPS) is 27.0. The molecular weight excluding hydrogens is 224 g/mol. The number of nitrogens with zero attached hydrogens (tertiary/aromatic N) is 2. The summed E-state index contributed by atoms with van der Waals surface area (Å²) in [7, 11) is 0. The van der Waals surface area contributed by atoms with Crippen molar-refractivity contribution >= 4 is 17.6 Å². The van der Waals surface area contributed by atoms with Crippen molar-refractivity contribution in [2.24, 2.45) is 5.41 Å². The van der Waals surface area contributed by atoms with Gasteiger partial charge in [0.25, 0.3) is 0 Å². The summed E-state index contributed by atoms with van der Waals surface area (Å²) in [6.45, 7) is 8.19. The molecule has 3 N–H and O–H groups in total. The molecule has 2 fully saturated rings. The molecule has 0 amide bonds. The zero-order valence-corrected chi connectivity index (χ0v) is 10.7. The van der Waals surface area contributed by atoms with Crippen LogP contribution in [0.4, 0.5) is 11.5 Å². The van der Waals surface area contributed by atoms with E-state index in [9.17, 15) is 0 Å². The third-order valence-electron chi connectivity index (χ3n) is 4.29. The van der Waals surface area contributed by atoms with Gasteiger partial charge in [0.05, 0.1) is 5.69 Å². The Hall–Kier alpha value is -1.55. The molecule has 0 bridgehead atoms. The summed E-state index contributed by atoms with van der Waals surface area (Å²) in [6, 6.07) is 1.91. The van der Waals surface area contributed by atoms with Crippen LogP contribution >= 0.6 is 0 Å². The molecule has 0 aromatic carbocycles. The van der Waals surface area contributed by atoms with E-state index in [1.165, 1.54) is 12.8 Å². The molecule has 1 atom stereocenters. The second-order valence-electron chi connectivity index (χ2n) is 5.44. The first-order valence-electron chi connectivity index (χ1n) is 6.57. The first kappa shape index (κ1) is 11.5. The van der Waals surface area contributed by atoms with Crippen LogP contribution in [0.15, 0.2) is 18.8 Å². The van der Waals surface area contributed by atoms with Gasteiger partial charge in [0.1, 0.15) is 0 Å². The second kappa shape index (κ2) is 4.28. The molecule has 4 nitrogen and oxygen atoms in total. The Bertz CT molecular complexity index is 463. The fourth-order valence-corrected chi connectivity index (χ4v) is 3.17. The fourth-order valence-electron chi connectivity index (χ4n) is 3.17. The Balaban J connectivity index is 1.86. The Kier molecular flexibility index (Phi) is 2.74. The third kappa shape index (κ3) is 1.77. The van der Waals surface area contributed by atoms with Gasteiger partial charge in [-0.2, -0.15) is 0 Å². The summed E-state index contributed by atoms with van der Waals surface area (Å²) in [5, 5.41) is 3.47. The quantitative estimate of drug-likeness (QED) is 0.827. The molecule has 4 heteroatoms. The van der Waals surface area contributed by atoms with Crippen LogP contribution in [0.2, 0.25) is 0 Å². The van der Waals surface area contributed by atoms with Gasteiger partial charge >= 0.3 is 0 Å². The van der Waals surface area contributed by atoms with E-state index in [4.69, 9.17) is 5.73 Å². The van der Waals surface area contributed by atoms with Gasteiger partial charge in [0.2, 0.25) is 0 Å². The van der Waals surface area contributed by atoms with E-state index in [0.29, 0.717) is 5.41 Å². The minimum absolute atomic E-state index is 0.443. The van der Waals surface area contributed by atoms with Gasteiger partial charge in [-0.3, -0.25) is 0 Å². The highest BCUT2D eigenvalue weighted by atomic mass is 15.2. The van der Waals surface area contributed by atoms with Crippen molar-refractivity contribution in [3.63, 3.8) is 0 Å². The summed E-state index contributed by atoms with van der Waals surface area (Å²) in [4.78, 5) is 6.78. The smallest absolute Gasteiger partial charge is 0.152 e. The highest BCUT2D eigenvalue weighted by Crippen LogP contribution is 2.39. The van der Waals surface area contributed by atoms with Crippen LogP contribution in [0.3, 0.4) is 0 Å². The van der Waals surface area contributed by atoms with E-state index in [-0.39, 0.29) is 0 Å². The molecule has 1 spiro atoms. The molecule has 1 aromatic rings. The molecule has 2 saturated heterocycles. The van der Waals surface area contributed by atoms with Crippen molar-refractivity contribution in [2.75, 3.05) is 36.8 Å². The van der Waals surface area contributed by atoms with Gasteiger partial charge in [0, 0.05) is 36.8 Å². The highest BCUT2D eigenvalue weighted by molar-refractivity contribution is 5.74. The Labute approximate surface area is 108 Å². The maximum Gasteiger partial charge on any atom is 0.152 e. The minimum atomic E-state index is 0.443. The number of hydrogen-bond donors (Lipinski definition) is 2. The van der Waals surface area contributed by atoms with Crippen LogP contribution in [0.5, 0.6) is 0 Å². The van der Waals surface area contributed by atoms with Crippen molar-refractivity contribution < 1.29 is 0 Å². The SMILES string of the molecule is C=Cc1ccnc(N2CCC3(CCNC3)C2)c1N. The first-order chi connectivity index (χ1) is 8.74. The largest absolute Gasteiger partial charge is 0.395 e. The van der Waals surface area contributed by atoms with E-state index in [2.05, 4.69) is 21.8 Å². The van der Waals surface area contributed by atoms with Crippen molar-refractivity contribution in [1.82, 2.24) is 10.3 Å². The van der Waals surface area contributed by atoms with E-state index in [1.807, 2.05) is 12.3 Å². The van der Waals surface area contributed by atoms with Crippen molar-refractivity contribution in [3.8, 4) is 0 Å². The molecule has 0 aliphatic carbocycles. The number of nitrogens with one attached hydrogen (secondary N) is 1. The van der Waals surface area contributed by atoms with Gasteiger partial charge in [-0.05, 0) is 25.5 Å². The van der Waals surface area contributed by atoms with Crippen LogP contribution in [0.1, 0.15) is 18.4 Å². The number of nitrogen functional groups attached to an aromatic ring is 1. The Morgan fingerprint density at radius 3 is 3.11 bits per heavy atom.